The van der Waals surface area contributed by atoms with E-state index in [1.165, 1.54) is 24.6 Å². The van der Waals surface area contributed by atoms with E-state index in [-0.39, 0.29) is 10.7 Å². The maximum atomic E-state index is 11.9. The number of aryl methyl sites for hydroxylation is 1. The number of primary sulfonamides is 1. The van der Waals surface area contributed by atoms with Crippen molar-refractivity contribution in [1.29, 1.82) is 0 Å². The highest BCUT2D eigenvalue weighted by Gasteiger charge is 2.16. The molecule has 1 heterocycles. The first-order chi connectivity index (χ1) is 9.29. The van der Waals surface area contributed by atoms with E-state index in [9.17, 15) is 13.2 Å². The molecular weight excluding hydrogens is 350 g/mol. The molecule has 0 aliphatic carbocycles. The van der Waals surface area contributed by atoms with Crippen LogP contribution in [-0.2, 0) is 10.0 Å². The number of amides is 1. The normalized spacial score (nSPS) is 11.3. The van der Waals surface area contributed by atoms with Crippen LogP contribution in [0.4, 0.5) is 5.69 Å². The summed E-state index contributed by atoms with van der Waals surface area (Å²) >= 11 is 3.17. The summed E-state index contributed by atoms with van der Waals surface area (Å²) in [6.45, 7) is 1.64. The standard InChI is InChI=1S/C11H10BrN3O4S/c1-6-10(19-5-14-6)11(16)15-9-3-2-7(4-8(9)12)20(13,17)18/h2-5H,1H3,(H,15,16)(H2,13,17,18). The second kappa shape index (κ2) is 5.35. The lowest BCUT2D eigenvalue weighted by atomic mass is 10.3. The van der Waals surface area contributed by atoms with Gasteiger partial charge in [-0.25, -0.2) is 18.5 Å². The second-order valence-corrected chi connectivity index (χ2v) is 6.32. The summed E-state index contributed by atoms with van der Waals surface area (Å²) in [4.78, 5) is 15.7. The number of benzene rings is 1. The van der Waals surface area contributed by atoms with E-state index in [2.05, 4.69) is 26.2 Å². The molecule has 20 heavy (non-hydrogen) atoms. The zero-order valence-electron chi connectivity index (χ0n) is 10.3. The monoisotopic (exact) mass is 359 g/mol. The number of halogens is 1. The summed E-state index contributed by atoms with van der Waals surface area (Å²) in [5, 5.41) is 7.59. The van der Waals surface area contributed by atoms with E-state index in [0.717, 1.165) is 0 Å². The van der Waals surface area contributed by atoms with E-state index in [1.54, 1.807) is 6.92 Å². The number of aromatic nitrogens is 1. The minimum absolute atomic E-state index is 0.0572. The van der Waals surface area contributed by atoms with Gasteiger partial charge in [0.15, 0.2) is 6.39 Å². The Morgan fingerprint density at radius 1 is 1.45 bits per heavy atom. The highest BCUT2D eigenvalue weighted by Crippen LogP contribution is 2.26. The number of sulfonamides is 1. The summed E-state index contributed by atoms with van der Waals surface area (Å²) < 4.78 is 27.7. The van der Waals surface area contributed by atoms with Crippen LogP contribution in [0.2, 0.25) is 0 Å². The molecular formula is C11H10BrN3O4S. The summed E-state index contributed by atoms with van der Waals surface area (Å²) in [6.07, 6.45) is 1.17. The molecule has 0 unspecified atom stereocenters. The molecule has 0 fully saturated rings. The fourth-order valence-corrected chi connectivity index (χ4v) is 2.64. The predicted octanol–water partition coefficient (Wildman–Crippen LogP) is 1.65. The van der Waals surface area contributed by atoms with Gasteiger partial charge in [0.1, 0.15) is 0 Å². The molecule has 3 N–H and O–H groups in total. The van der Waals surface area contributed by atoms with Gasteiger partial charge in [-0.05, 0) is 41.1 Å². The first-order valence-electron chi connectivity index (χ1n) is 5.33. The van der Waals surface area contributed by atoms with Crippen molar-refractivity contribution in [3.05, 3.63) is 40.5 Å². The smallest absolute Gasteiger partial charge is 0.293 e. The molecule has 0 saturated heterocycles. The molecule has 0 bridgehead atoms. The molecule has 2 aromatic rings. The Morgan fingerprint density at radius 2 is 2.15 bits per heavy atom. The van der Waals surface area contributed by atoms with Crippen molar-refractivity contribution in [3.8, 4) is 0 Å². The van der Waals surface area contributed by atoms with Gasteiger partial charge in [-0.3, -0.25) is 4.79 Å². The van der Waals surface area contributed by atoms with Crippen LogP contribution in [0.25, 0.3) is 0 Å². The van der Waals surface area contributed by atoms with Gasteiger partial charge in [-0.2, -0.15) is 0 Å². The summed E-state index contributed by atoms with van der Waals surface area (Å²) in [7, 11) is -3.79. The van der Waals surface area contributed by atoms with Gasteiger partial charge in [0, 0.05) is 4.47 Å². The Bertz CT molecular complexity index is 770. The zero-order valence-corrected chi connectivity index (χ0v) is 12.7. The molecule has 7 nitrogen and oxygen atoms in total. The van der Waals surface area contributed by atoms with Crippen molar-refractivity contribution in [2.75, 3.05) is 5.32 Å². The summed E-state index contributed by atoms with van der Waals surface area (Å²) in [5.74, 6) is -0.392. The van der Waals surface area contributed by atoms with Crippen LogP contribution in [0.1, 0.15) is 16.2 Å². The fourth-order valence-electron chi connectivity index (χ4n) is 1.47. The van der Waals surface area contributed by atoms with Gasteiger partial charge < -0.3 is 9.73 Å². The Kier molecular flexibility index (Phi) is 3.93. The number of nitrogens with one attached hydrogen (secondary N) is 1. The fraction of sp³-hybridized carbons (Fsp3) is 0.0909. The van der Waals surface area contributed by atoms with Gasteiger partial charge in [0.2, 0.25) is 15.8 Å². The third kappa shape index (κ3) is 3.06. The Morgan fingerprint density at radius 3 is 2.65 bits per heavy atom. The Labute approximate surface area is 123 Å². The SMILES string of the molecule is Cc1ncoc1C(=O)Nc1ccc(S(N)(=O)=O)cc1Br. The maximum Gasteiger partial charge on any atom is 0.293 e. The van der Waals surface area contributed by atoms with E-state index < -0.39 is 15.9 Å². The second-order valence-electron chi connectivity index (χ2n) is 3.91. The van der Waals surface area contributed by atoms with E-state index in [1.807, 2.05) is 0 Å². The number of rotatable bonds is 3. The minimum Gasteiger partial charge on any atom is -0.438 e. The predicted molar refractivity (Wildman–Crippen MR) is 74.7 cm³/mol. The Hall–Kier alpha value is -1.71. The lowest BCUT2D eigenvalue weighted by Crippen LogP contribution is -2.14. The molecule has 0 radical (unpaired) electrons. The zero-order chi connectivity index (χ0) is 14.9. The van der Waals surface area contributed by atoms with E-state index >= 15 is 0 Å². The average molecular weight is 360 g/mol. The first kappa shape index (κ1) is 14.7. The number of nitrogens with two attached hydrogens (primary N) is 1. The number of oxazole rings is 1. The molecule has 2 rings (SSSR count). The third-order valence-corrected chi connectivity index (χ3v) is 4.04. The van der Waals surface area contributed by atoms with Gasteiger partial charge in [0.05, 0.1) is 16.3 Å². The van der Waals surface area contributed by atoms with Crippen molar-refractivity contribution in [2.24, 2.45) is 5.14 Å². The summed E-state index contributed by atoms with van der Waals surface area (Å²) in [6, 6.07) is 4.02. The minimum atomic E-state index is -3.79. The van der Waals surface area contributed by atoms with Crippen molar-refractivity contribution in [3.63, 3.8) is 0 Å². The lowest BCUT2D eigenvalue weighted by Gasteiger charge is -2.07. The van der Waals surface area contributed by atoms with Crippen molar-refractivity contribution in [2.45, 2.75) is 11.8 Å². The molecule has 1 aromatic heterocycles. The van der Waals surface area contributed by atoms with Crippen LogP contribution in [-0.4, -0.2) is 19.3 Å². The molecule has 0 atom stereocenters. The van der Waals surface area contributed by atoms with Gasteiger partial charge in [0.25, 0.3) is 5.91 Å². The quantitative estimate of drug-likeness (QED) is 0.864. The first-order valence-corrected chi connectivity index (χ1v) is 7.67. The van der Waals surface area contributed by atoms with Crippen LogP contribution in [0, 0.1) is 6.92 Å². The van der Waals surface area contributed by atoms with Crippen molar-refractivity contribution in [1.82, 2.24) is 4.98 Å². The van der Waals surface area contributed by atoms with Crippen LogP contribution < -0.4 is 10.5 Å². The lowest BCUT2D eigenvalue weighted by molar-refractivity contribution is 0.0996. The molecule has 0 spiro atoms. The molecule has 1 amide bonds. The van der Waals surface area contributed by atoms with Gasteiger partial charge in [-0.1, -0.05) is 0 Å². The average Bonchev–Trinajstić information content (AvgIpc) is 2.76. The van der Waals surface area contributed by atoms with Crippen molar-refractivity contribution < 1.29 is 17.6 Å². The molecule has 106 valence electrons. The van der Waals surface area contributed by atoms with Crippen LogP contribution in [0.3, 0.4) is 0 Å². The van der Waals surface area contributed by atoms with Crippen LogP contribution >= 0.6 is 15.9 Å². The molecule has 0 aliphatic heterocycles. The van der Waals surface area contributed by atoms with E-state index in [4.69, 9.17) is 9.56 Å². The molecule has 0 aliphatic rings. The molecule has 9 heteroatoms. The summed E-state index contributed by atoms with van der Waals surface area (Å²) in [5.41, 5.74) is 0.845. The number of carbonyl (C=O) groups excluding carboxylic acids is 1. The largest absolute Gasteiger partial charge is 0.438 e. The molecule has 1 aromatic carbocycles. The third-order valence-electron chi connectivity index (χ3n) is 2.47. The number of nitrogens with zero attached hydrogens (tertiary/aromatic N) is 1. The van der Waals surface area contributed by atoms with Crippen molar-refractivity contribution >= 4 is 37.5 Å². The number of anilines is 1. The molecule has 0 saturated carbocycles. The van der Waals surface area contributed by atoms with Gasteiger partial charge in [-0.15, -0.1) is 0 Å². The topological polar surface area (TPSA) is 115 Å². The maximum absolute atomic E-state index is 11.9. The highest BCUT2D eigenvalue weighted by atomic mass is 79.9. The number of hydrogen-bond donors (Lipinski definition) is 2. The Balaban J connectivity index is 2.27. The number of carbonyl (C=O) groups is 1. The van der Waals surface area contributed by atoms with Gasteiger partial charge >= 0.3 is 0 Å². The van der Waals surface area contributed by atoms with Crippen LogP contribution in [0.15, 0.2) is 38.4 Å². The van der Waals surface area contributed by atoms with E-state index in [0.29, 0.717) is 15.9 Å². The van der Waals surface area contributed by atoms with Crippen LogP contribution in [0.5, 0.6) is 0 Å². The number of hydrogen-bond acceptors (Lipinski definition) is 5. The highest BCUT2D eigenvalue weighted by molar-refractivity contribution is 9.10.